The molecular formula is C6H6Cl2O3S2. The molecule has 0 fully saturated rings. The van der Waals surface area contributed by atoms with Gasteiger partial charge in [-0.15, -0.1) is 0 Å². The first-order valence-electron chi connectivity index (χ1n) is 2.82. The van der Waals surface area contributed by atoms with Crippen molar-refractivity contribution in [2.45, 2.75) is 4.90 Å². The lowest BCUT2D eigenvalue weighted by Crippen LogP contribution is -1.99. The molecular weight excluding hydrogens is 255 g/mol. The van der Waals surface area contributed by atoms with Crippen LogP contribution in [-0.2, 0) is 23.6 Å². The van der Waals surface area contributed by atoms with Crippen molar-refractivity contribution in [3.63, 3.8) is 0 Å². The van der Waals surface area contributed by atoms with Crippen LogP contribution < -0.4 is 0 Å². The molecule has 1 aromatic rings. The molecule has 0 saturated carbocycles. The van der Waals surface area contributed by atoms with Crippen molar-refractivity contribution in [1.82, 2.24) is 0 Å². The molecule has 13 heavy (non-hydrogen) atoms. The summed E-state index contributed by atoms with van der Waals surface area (Å²) in [7, 11) is -4.52. The second kappa shape index (κ2) is 4.52. The summed E-state index contributed by atoms with van der Waals surface area (Å²) in [6, 6.07) is 3.68. The molecule has 0 radical (unpaired) electrons. The molecule has 74 valence electrons. The van der Waals surface area contributed by atoms with Crippen LogP contribution >= 0.6 is 23.2 Å². The summed E-state index contributed by atoms with van der Waals surface area (Å²) in [5.74, 6) is 0. The van der Waals surface area contributed by atoms with E-state index in [2.05, 4.69) is 0 Å². The number of benzene rings is 1. The van der Waals surface area contributed by atoms with Gasteiger partial charge in [0.2, 0.25) is 0 Å². The maximum absolute atomic E-state index is 10.5. The fourth-order valence-electron chi connectivity index (χ4n) is 0.669. The molecule has 1 rings (SSSR count). The van der Waals surface area contributed by atoms with Crippen LogP contribution in [0.2, 0.25) is 10.0 Å². The molecule has 0 saturated heterocycles. The van der Waals surface area contributed by atoms with Crippen molar-refractivity contribution in [2.75, 3.05) is 0 Å². The van der Waals surface area contributed by atoms with Crippen LogP contribution in [0.5, 0.6) is 0 Å². The Hall–Kier alpha value is 0.0600. The molecule has 3 nitrogen and oxygen atoms in total. The smallest absolute Gasteiger partial charge is 0.125 e. The van der Waals surface area contributed by atoms with E-state index in [0.717, 1.165) is 6.07 Å². The number of hydrogen-bond donors (Lipinski definition) is 0. The zero-order valence-corrected chi connectivity index (χ0v) is 9.68. The molecule has 0 aliphatic rings. The van der Waals surface area contributed by atoms with Gasteiger partial charge in [0, 0.05) is 5.02 Å². The van der Waals surface area contributed by atoms with Gasteiger partial charge in [0.1, 0.15) is 10.1 Å². The van der Waals surface area contributed by atoms with E-state index >= 15 is 0 Å². The second-order valence-corrected chi connectivity index (χ2v) is 4.22. The van der Waals surface area contributed by atoms with Gasteiger partial charge >= 0.3 is 0 Å². The number of rotatable bonds is 1. The Balaban J connectivity index is 0.00000144. The average molecular weight is 261 g/mol. The van der Waals surface area contributed by atoms with E-state index in [1.54, 1.807) is 0 Å². The summed E-state index contributed by atoms with van der Waals surface area (Å²) < 4.78 is 31.5. The molecule has 0 spiro atoms. The van der Waals surface area contributed by atoms with Gasteiger partial charge in [0.25, 0.3) is 0 Å². The van der Waals surface area contributed by atoms with Gasteiger partial charge in [0.15, 0.2) is 0 Å². The lowest BCUT2D eigenvalue weighted by Gasteiger charge is -2.08. The third-order valence-electron chi connectivity index (χ3n) is 1.16. The SMILES string of the molecule is O=S(=O)([O-])c1cc(Cl)ccc1Cl.[SH3+]. The summed E-state index contributed by atoms with van der Waals surface area (Å²) >= 11 is 10.9. The summed E-state index contributed by atoms with van der Waals surface area (Å²) in [5, 5.41) is 0.0447. The van der Waals surface area contributed by atoms with Crippen LogP contribution in [-0.4, -0.2) is 13.0 Å². The molecule has 0 amide bonds. The van der Waals surface area contributed by atoms with E-state index in [0.29, 0.717) is 0 Å². The molecule has 0 N–H and O–H groups in total. The summed E-state index contributed by atoms with van der Waals surface area (Å²) in [6.07, 6.45) is 0. The number of hydrogen-bond acceptors (Lipinski definition) is 3. The van der Waals surface area contributed by atoms with Gasteiger partial charge in [-0.3, -0.25) is 0 Å². The largest absolute Gasteiger partial charge is 0.744 e. The lowest BCUT2D eigenvalue weighted by molar-refractivity contribution is 0.463. The quantitative estimate of drug-likeness (QED) is 0.561. The minimum Gasteiger partial charge on any atom is -0.744 e. The Morgan fingerprint density at radius 1 is 1.23 bits per heavy atom. The van der Waals surface area contributed by atoms with Gasteiger partial charge < -0.3 is 4.55 Å². The highest BCUT2D eigenvalue weighted by Crippen LogP contribution is 2.24. The van der Waals surface area contributed by atoms with Crippen molar-refractivity contribution in [1.29, 1.82) is 0 Å². The third-order valence-corrected chi connectivity index (χ3v) is 2.72. The Morgan fingerprint density at radius 3 is 2.15 bits per heavy atom. The van der Waals surface area contributed by atoms with Crippen LogP contribution in [0.4, 0.5) is 0 Å². The molecule has 0 aromatic heterocycles. The van der Waals surface area contributed by atoms with E-state index in [4.69, 9.17) is 23.2 Å². The fraction of sp³-hybridized carbons (Fsp3) is 0. The molecule has 0 bridgehead atoms. The first-order chi connectivity index (χ1) is 5.41. The zero-order valence-electron chi connectivity index (χ0n) is 6.20. The van der Waals surface area contributed by atoms with E-state index in [9.17, 15) is 13.0 Å². The van der Waals surface area contributed by atoms with Crippen molar-refractivity contribution < 1.29 is 13.0 Å². The fourth-order valence-corrected chi connectivity index (χ4v) is 1.88. The monoisotopic (exact) mass is 260 g/mol. The van der Waals surface area contributed by atoms with E-state index < -0.39 is 15.0 Å². The number of halogens is 2. The predicted octanol–water partition coefficient (Wildman–Crippen LogP) is 1.09. The van der Waals surface area contributed by atoms with Gasteiger partial charge in [0.05, 0.1) is 9.92 Å². The molecule has 7 heteroatoms. The average Bonchev–Trinajstić information content (AvgIpc) is 1.92. The Labute approximate surface area is 92.9 Å². The maximum atomic E-state index is 10.5. The Morgan fingerprint density at radius 2 is 1.77 bits per heavy atom. The first-order valence-corrected chi connectivity index (χ1v) is 4.98. The van der Waals surface area contributed by atoms with Crippen LogP contribution in [0.25, 0.3) is 0 Å². The van der Waals surface area contributed by atoms with E-state index in [-0.39, 0.29) is 23.5 Å². The van der Waals surface area contributed by atoms with Gasteiger partial charge in [-0.25, -0.2) is 8.42 Å². The molecule has 0 heterocycles. The summed E-state index contributed by atoms with van der Waals surface area (Å²) in [6.45, 7) is 0. The second-order valence-electron chi connectivity index (χ2n) is 2.03. The van der Waals surface area contributed by atoms with Gasteiger partial charge in [-0.1, -0.05) is 36.7 Å². The topological polar surface area (TPSA) is 57.2 Å². The van der Waals surface area contributed by atoms with Crippen LogP contribution in [0, 0.1) is 0 Å². The minimum absolute atomic E-state index is 0. The van der Waals surface area contributed by atoms with Crippen LogP contribution in [0.15, 0.2) is 23.1 Å². The molecule has 0 unspecified atom stereocenters. The summed E-state index contributed by atoms with van der Waals surface area (Å²) in [4.78, 5) is -0.489. The normalized spacial score (nSPS) is 10.7. The highest BCUT2D eigenvalue weighted by molar-refractivity contribution is 7.85. The Kier molecular flexibility index (Phi) is 4.54. The van der Waals surface area contributed by atoms with Crippen molar-refractivity contribution in [3.8, 4) is 0 Å². The highest BCUT2D eigenvalue weighted by Gasteiger charge is 2.07. The zero-order chi connectivity index (χ0) is 9.35. The Bertz CT molecular complexity index is 402. The van der Waals surface area contributed by atoms with Crippen LogP contribution in [0.1, 0.15) is 0 Å². The van der Waals surface area contributed by atoms with Gasteiger partial charge in [-0.2, -0.15) is 0 Å². The van der Waals surface area contributed by atoms with E-state index in [1.165, 1.54) is 12.1 Å². The van der Waals surface area contributed by atoms with Crippen molar-refractivity contribution in [3.05, 3.63) is 28.2 Å². The molecule has 0 aliphatic carbocycles. The van der Waals surface area contributed by atoms with Crippen molar-refractivity contribution in [2.24, 2.45) is 0 Å². The molecule has 0 aliphatic heterocycles. The van der Waals surface area contributed by atoms with E-state index in [1.807, 2.05) is 0 Å². The summed E-state index contributed by atoms with van der Waals surface area (Å²) in [5.41, 5.74) is 0. The van der Waals surface area contributed by atoms with Gasteiger partial charge in [-0.05, 0) is 18.2 Å². The predicted molar refractivity (Wildman–Crippen MR) is 56.0 cm³/mol. The highest BCUT2D eigenvalue weighted by atomic mass is 35.5. The minimum atomic E-state index is -4.52. The third kappa shape index (κ3) is 3.36. The van der Waals surface area contributed by atoms with Crippen LogP contribution in [0.3, 0.4) is 0 Å². The maximum Gasteiger partial charge on any atom is 0.125 e. The lowest BCUT2D eigenvalue weighted by atomic mass is 10.4. The molecule has 1 aromatic carbocycles. The van der Waals surface area contributed by atoms with Crippen molar-refractivity contribution >= 4 is 46.8 Å². The first kappa shape index (κ1) is 13.1. The molecule has 0 atom stereocenters. The standard InChI is InChI=1S/C6H4Cl2O3S.H2S/c7-4-1-2-5(8)6(3-4)12(9,10)11;/h1-3H,(H,9,10,11);1H2.